The van der Waals surface area contributed by atoms with Crippen LogP contribution in [0.2, 0.25) is 0 Å². The molecule has 3 rings (SSSR count). The lowest BCUT2D eigenvalue weighted by molar-refractivity contribution is -0.151. The monoisotopic (exact) mass is 380 g/mol. The normalized spacial score (nSPS) is 17.1. The number of hydrogen-bond acceptors (Lipinski definition) is 5. The van der Waals surface area contributed by atoms with Crippen molar-refractivity contribution in [2.45, 2.75) is 19.4 Å². The van der Waals surface area contributed by atoms with Crippen molar-refractivity contribution in [3.05, 3.63) is 71.8 Å². The first-order valence-electron chi connectivity index (χ1n) is 8.92. The molecule has 1 heterocycles. The topological polar surface area (TPSA) is 92.8 Å². The Kier molecular flexibility index (Phi) is 5.84. The number of amides is 2. The van der Waals surface area contributed by atoms with Crippen LogP contribution in [0.4, 0.5) is 0 Å². The maximum Gasteiger partial charge on any atom is 0.312 e. The first-order valence-corrected chi connectivity index (χ1v) is 8.92. The van der Waals surface area contributed by atoms with Gasteiger partial charge in [0, 0.05) is 17.5 Å². The van der Waals surface area contributed by atoms with Crippen molar-refractivity contribution < 1.29 is 23.9 Å². The zero-order valence-electron chi connectivity index (χ0n) is 15.3. The Balaban J connectivity index is 1.56. The maximum absolute atomic E-state index is 12.4. The number of nitrogens with zero attached hydrogens (tertiary/aromatic N) is 1. The van der Waals surface area contributed by atoms with E-state index in [1.807, 2.05) is 0 Å². The summed E-state index contributed by atoms with van der Waals surface area (Å²) in [6, 6.07) is 17.0. The van der Waals surface area contributed by atoms with E-state index in [0.29, 0.717) is 11.1 Å². The molecular formula is C21H20N2O5. The van der Waals surface area contributed by atoms with E-state index in [4.69, 9.17) is 4.74 Å². The fourth-order valence-electron chi connectivity index (χ4n) is 2.91. The summed E-state index contributed by atoms with van der Waals surface area (Å²) in [4.78, 5) is 49.0. The molecule has 0 bridgehead atoms. The van der Waals surface area contributed by atoms with Crippen LogP contribution in [0.3, 0.4) is 0 Å². The minimum absolute atomic E-state index is 0.00247. The molecule has 144 valence electrons. The lowest BCUT2D eigenvalue weighted by atomic mass is 10.1. The highest BCUT2D eigenvalue weighted by atomic mass is 16.5. The van der Waals surface area contributed by atoms with Crippen LogP contribution in [0, 0.1) is 5.92 Å². The van der Waals surface area contributed by atoms with E-state index in [1.165, 1.54) is 6.92 Å². The van der Waals surface area contributed by atoms with E-state index in [2.05, 4.69) is 5.43 Å². The van der Waals surface area contributed by atoms with Crippen LogP contribution in [0.5, 0.6) is 0 Å². The predicted octanol–water partition coefficient (Wildman–Crippen LogP) is 1.99. The molecular weight excluding hydrogens is 360 g/mol. The highest BCUT2D eigenvalue weighted by molar-refractivity contribution is 6.00. The van der Waals surface area contributed by atoms with Crippen molar-refractivity contribution in [2.75, 3.05) is 6.54 Å². The van der Waals surface area contributed by atoms with Gasteiger partial charge in [0.15, 0.2) is 6.10 Å². The quantitative estimate of drug-likeness (QED) is 0.611. The molecule has 7 heteroatoms. The standard InChI is InChI=1S/C21H20N2O5/c1-14(19(25)15-8-4-2-5-9-15)28-21(27)17-12-18(24)23(13-17)22-20(26)16-10-6-3-7-11-16/h2-11,14,17H,12-13H2,1H3,(H,22,26)/t14-,17-/m1/s1. The molecule has 2 atom stereocenters. The number of ether oxygens (including phenoxy) is 1. The minimum Gasteiger partial charge on any atom is -0.454 e. The lowest BCUT2D eigenvalue weighted by Gasteiger charge is -2.18. The Hall–Kier alpha value is -3.48. The highest BCUT2D eigenvalue weighted by Gasteiger charge is 2.37. The van der Waals surface area contributed by atoms with E-state index >= 15 is 0 Å². The third-order valence-electron chi connectivity index (χ3n) is 4.45. The summed E-state index contributed by atoms with van der Waals surface area (Å²) in [6.45, 7) is 1.50. The Morgan fingerprint density at radius 3 is 2.18 bits per heavy atom. The van der Waals surface area contributed by atoms with Gasteiger partial charge < -0.3 is 4.74 Å². The van der Waals surface area contributed by atoms with Crippen molar-refractivity contribution in [2.24, 2.45) is 5.92 Å². The first kappa shape index (κ1) is 19.3. The van der Waals surface area contributed by atoms with Gasteiger partial charge >= 0.3 is 5.97 Å². The van der Waals surface area contributed by atoms with Crippen LogP contribution < -0.4 is 5.43 Å². The van der Waals surface area contributed by atoms with Crippen LogP contribution >= 0.6 is 0 Å². The van der Waals surface area contributed by atoms with Gasteiger partial charge in [0.25, 0.3) is 5.91 Å². The molecule has 1 aliphatic heterocycles. The van der Waals surface area contributed by atoms with E-state index < -0.39 is 23.9 Å². The van der Waals surface area contributed by atoms with Gasteiger partial charge in [-0.25, -0.2) is 0 Å². The molecule has 2 aromatic carbocycles. The Morgan fingerprint density at radius 2 is 1.57 bits per heavy atom. The number of benzene rings is 2. The van der Waals surface area contributed by atoms with E-state index in [0.717, 1.165) is 5.01 Å². The summed E-state index contributed by atoms with van der Waals surface area (Å²) in [5.74, 6) is -2.51. The van der Waals surface area contributed by atoms with Crippen molar-refractivity contribution >= 4 is 23.6 Å². The highest BCUT2D eigenvalue weighted by Crippen LogP contribution is 2.19. The average Bonchev–Trinajstić information content (AvgIpc) is 3.09. The average molecular weight is 380 g/mol. The minimum atomic E-state index is -0.960. The number of rotatable bonds is 6. The second-order valence-corrected chi connectivity index (χ2v) is 6.52. The molecule has 0 radical (unpaired) electrons. The Morgan fingerprint density at radius 1 is 1.00 bits per heavy atom. The molecule has 7 nitrogen and oxygen atoms in total. The van der Waals surface area contributed by atoms with Crippen LogP contribution in [0.15, 0.2) is 60.7 Å². The Bertz CT molecular complexity index is 882. The second kappa shape index (κ2) is 8.47. The second-order valence-electron chi connectivity index (χ2n) is 6.52. The van der Waals surface area contributed by atoms with Crippen molar-refractivity contribution in [3.8, 4) is 0 Å². The van der Waals surface area contributed by atoms with Gasteiger partial charge in [-0.05, 0) is 19.1 Å². The molecule has 0 saturated carbocycles. The van der Waals surface area contributed by atoms with Gasteiger partial charge in [-0.1, -0.05) is 48.5 Å². The van der Waals surface area contributed by atoms with E-state index in [1.54, 1.807) is 60.7 Å². The first-order chi connectivity index (χ1) is 13.5. The molecule has 2 aromatic rings. The fraction of sp³-hybridized carbons (Fsp3) is 0.238. The van der Waals surface area contributed by atoms with Crippen LogP contribution in [0.25, 0.3) is 0 Å². The maximum atomic E-state index is 12.4. The number of ketones is 1. The predicted molar refractivity (Wildman–Crippen MR) is 100 cm³/mol. The molecule has 28 heavy (non-hydrogen) atoms. The Labute approximate surface area is 162 Å². The lowest BCUT2D eigenvalue weighted by Crippen LogP contribution is -2.43. The molecule has 1 fully saturated rings. The molecule has 0 aliphatic carbocycles. The third kappa shape index (κ3) is 4.43. The summed E-state index contributed by atoms with van der Waals surface area (Å²) >= 11 is 0. The smallest absolute Gasteiger partial charge is 0.312 e. The number of nitrogens with one attached hydrogen (secondary N) is 1. The number of hydrazine groups is 1. The molecule has 0 aromatic heterocycles. The number of hydrogen-bond donors (Lipinski definition) is 1. The van der Waals surface area contributed by atoms with Crippen molar-refractivity contribution in [1.29, 1.82) is 0 Å². The van der Waals surface area contributed by atoms with Gasteiger partial charge in [0.05, 0.1) is 12.5 Å². The van der Waals surface area contributed by atoms with Crippen LogP contribution in [-0.2, 0) is 14.3 Å². The summed E-state index contributed by atoms with van der Waals surface area (Å²) in [5.41, 5.74) is 3.35. The zero-order chi connectivity index (χ0) is 20.1. The van der Waals surface area contributed by atoms with Gasteiger partial charge in [0.2, 0.25) is 11.7 Å². The molecule has 2 amide bonds. The molecule has 1 saturated heterocycles. The van der Waals surface area contributed by atoms with Gasteiger partial charge in [-0.15, -0.1) is 0 Å². The summed E-state index contributed by atoms with van der Waals surface area (Å²) in [7, 11) is 0. The van der Waals surface area contributed by atoms with E-state index in [-0.39, 0.29) is 24.7 Å². The molecule has 0 unspecified atom stereocenters. The molecule has 1 N–H and O–H groups in total. The fourth-order valence-corrected chi connectivity index (χ4v) is 2.91. The summed E-state index contributed by atoms with van der Waals surface area (Å²) in [6.07, 6.45) is -1.04. The number of carbonyl (C=O) groups excluding carboxylic acids is 4. The number of carbonyl (C=O) groups is 4. The summed E-state index contributed by atoms with van der Waals surface area (Å²) < 4.78 is 5.26. The number of Topliss-reactive ketones (excluding diaryl/α,β-unsaturated/α-hetero) is 1. The third-order valence-corrected chi connectivity index (χ3v) is 4.45. The van der Waals surface area contributed by atoms with Crippen LogP contribution in [0.1, 0.15) is 34.1 Å². The SMILES string of the molecule is C[C@@H](OC(=O)[C@@H]1CC(=O)N(NC(=O)c2ccccc2)C1)C(=O)c1ccccc1. The molecule has 1 aliphatic rings. The van der Waals surface area contributed by atoms with Crippen molar-refractivity contribution in [1.82, 2.24) is 10.4 Å². The summed E-state index contributed by atoms with van der Waals surface area (Å²) in [5, 5.41) is 1.12. The zero-order valence-corrected chi connectivity index (χ0v) is 15.3. The van der Waals surface area contributed by atoms with Gasteiger partial charge in [0.1, 0.15) is 0 Å². The van der Waals surface area contributed by atoms with Crippen LogP contribution in [-0.4, -0.2) is 41.2 Å². The van der Waals surface area contributed by atoms with Gasteiger partial charge in [-0.2, -0.15) is 0 Å². The van der Waals surface area contributed by atoms with Gasteiger partial charge in [-0.3, -0.25) is 29.6 Å². The largest absolute Gasteiger partial charge is 0.454 e. The van der Waals surface area contributed by atoms with Crippen molar-refractivity contribution in [3.63, 3.8) is 0 Å². The van der Waals surface area contributed by atoms with E-state index in [9.17, 15) is 19.2 Å². The number of esters is 1. The molecule has 0 spiro atoms.